The summed E-state index contributed by atoms with van der Waals surface area (Å²) in [6.07, 6.45) is 6.49. The van der Waals surface area contributed by atoms with Crippen LogP contribution in [0.3, 0.4) is 0 Å². The Labute approximate surface area is 159 Å². The molecule has 2 heterocycles. The van der Waals surface area contributed by atoms with Crippen molar-refractivity contribution < 1.29 is 18.9 Å². The number of rotatable bonds is 12. The highest BCUT2D eigenvalue weighted by Crippen LogP contribution is 2.30. The minimum atomic E-state index is 0.246. The lowest BCUT2D eigenvalue weighted by Gasteiger charge is -2.42. The van der Waals surface area contributed by atoms with Gasteiger partial charge in [-0.2, -0.15) is 0 Å². The highest BCUT2D eigenvalue weighted by Gasteiger charge is 2.37. The van der Waals surface area contributed by atoms with Crippen LogP contribution in [0.15, 0.2) is 0 Å². The van der Waals surface area contributed by atoms with E-state index in [1.54, 1.807) is 14.2 Å². The van der Waals surface area contributed by atoms with Gasteiger partial charge in [0.15, 0.2) is 0 Å². The van der Waals surface area contributed by atoms with Crippen LogP contribution >= 0.6 is 0 Å². The van der Waals surface area contributed by atoms with Gasteiger partial charge < -0.3 is 18.9 Å². The third kappa shape index (κ3) is 6.43. The number of ether oxygens (including phenoxy) is 4. The van der Waals surface area contributed by atoms with Crippen LogP contribution in [0.5, 0.6) is 0 Å². The van der Waals surface area contributed by atoms with Gasteiger partial charge in [0, 0.05) is 52.5 Å². The van der Waals surface area contributed by atoms with Crippen molar-refractivity contribution in [2.24, 2.45) is 0 Å². The van der Waals surface area contributed by atoms with Gasteiger partial charge in [0.05, 0.1) is 37.6 Å². The Kier molecular flexibility index (Phi) is 7.73. The van der Waals surface area contributed by atoms with E-state index < -0.39 is 0 Å². The summed E-state index contributed by atoms with van der Waals surface area (Å²) in [5.41, 5.74) is 0. The van der Waals surface area contributed by atoms with Crippen molar-refractivity contribution in [3.05, 3.63) is 0 Å². The Morgan fingerprint density at radius 3 is 1.73 bits per heavy atom. The minimum absolute atomic E-state index is 0.246. The summed E-state index contributed by atoms with van der Waals surface area (Å²) in [5, 5.41) is 0. The topological polar surface area (TPSA) is 50.0 Å². The fourth-order valence-electron chi connectivity index (χ4n) is 4.23. The molecule has 0 spiro atoms. The predicted molar refractivity (Wildman–Crippen MR) is 102 cm³/mol. The number of nitrogens with zero attached hydrogens (tertiary/aromatic N) is 2. The summed E-state index contributed by atoms with van der Waals surface area (Å²) in [7, 11) is 3.61. The smallest absolute Gasteiger partial charge is 0.0936 e. The van der Waals surface area contributed by atoms with E-state index in [0.29, 0.717) is 24.3 Å². The van der Waals surface area contributed by atoms with E-state index in [1.807, 2.05) is 0 Å². The van der Waals surface area contributed by atoms with Gasteiger partial charge in [-0.15, -0.1) is 0 Å². The molecule has 6 nitrogen and oxygen atoms in total. The Morgan fingerprint density at radius 2 is 1.31 bits per heavy atom. The quantitative estimate of drug-likeness (QED) is 0.488. The Bertz CT molecular complexity index is 391. The maximum Gasteiger partial charge on any atom is 0.0936 e. The third-order valence-electron chi connectivity index (χ3n) is 6.12. The van der Waals surface area contributed by atoms with Crippen molar-refractivity contribution >= 4 is 0 Å². The van der Waals surface area contributed by atoms with E-state index in [2.05, 4.69) is 23.6 Å². The minimum Gasteiger partial charge on any atom is -0.380 e. The number of epoxide rings is 2. The van der Waals surface area contributed by atoms with Crippen LogP contribution in [0.25, 0.3) is 0 Å². The molecule has 0 bridgehead atoms. The van der Waals surface area contributed by atoms with Crippen molar-refractivity contribution in [2.75, 3.05) is 53.6 Å². The van der Waals surface area contributed by atoms with Crippen LogP contribution < -0.4 is 0 Å². The second-order valence-electron chi connectivity index (χ2n) is 8.39. The molecule has 0 aromatic carbocycles. The van der Waals surface area contributed by atoms with Gasteiger partial charge in [-0.1, -0.05) is 6.42 Å². The highest BCUT2D eigenvalue weighted by molar-refractivity contribution is 4.90. The average Bonchev–Trinajstić information content (AvgIpc) is 3.56. The van der Waals surface area contributed by atoms with E-state index in [4.69, 9.17) is 18.9 Å². The summed E-state index contributed by atoms with van der Waals surface area (Å²) in [6.45, 7) is 10.3. The molecule has 2 saturated heterocycles. The van der Waals surface area contributed by atoms with Crippen LogP contribution in [0.4, 0.5) is 0 Å². The monoisotopic (exact) mass is 370 g/mol. The van der Waals surface area contributed by atoms with E-state index >= 15 is 0 Å². The molecule has 2 aliphatic heterocycles. The van der Waals surface area contributed by atoms with E-state index in [-0.39, 0.29) is 12.2 Å². The van der Waals surface area contributed by atoms with Crippen LogP contribution in [-0.4, -0.2) is 99.9 Å². The molecule has 3 aliphatic rings. The van der Waals surface area contributed by atoms with Crippen molar-refractivity contribution in [3.63, 3.8) is 0 Å². The first kappa shape index (κ1) is 20.5. The molecule has 0 amide bonds. The Morgan fingerprint density at radius 1 is 0.846 bits per heavy atom. The van der Waals surface area contributed by atoms with Gasteiger partial charge in [0.2, 0.25) is 0 Å². The van der Waals surface area contributed by atoms with E-state index in [1.165, 1.54) is 25.7 Å². The summed E-state index contributed by atoms with van der Waals surface area (Å²) in [4.78, 5) is 5.26. The lowest BCUT2D eigenvalue weighted by Crippen LogP contribution is -2.51. The SMILES string of the molecule is COC(C)CN(CC(C)OC)C1CCCC(N(CC2CO2)CC2CO2)C1. The molecule has 0 N–H and O–H groups in total. The van der Waals surface area contributed by atoms with Gasteiger partial charge in [-0.25, -0.2) is 0 Å². The zero-order valence-corrected chi connectivity index (χ0v) is 17.1. The molecular formula is C20H38N2O4. The summed E-state index contributed by atoms with van der Waals surface area (Å²) < 4.78 is 22.1. The molecule has 0 radical (unpaired) electrons. The summed E-state index contributed by atoms with van der Waals surface area (Å²) in [6, 6.07) is 1.24. The fraction of sp³-hybridized carbons (Fsp3) is 1.00. The average molecular weight is 371 g/mol. The molecule has 1 saturated carbocycles. The normalized spacial score (nSPS) is 33.5. The highest BCUT2D eigenvalue weighted by atomic mass is 16.6. The maximum absolute atomic E-state index is 5.56. The van der Waals surface area contributed by atoms with Gasteiger partial charge in [-0.05, 0) is 33.1 Å². The standard InChI is InChI=1S/C20H38N2O4/c1-15(23-3)9-21(10-16(2)24-4)17-6-5-7-18(8-17)22(11-19-13-25-19)12-20-14-26-20/h15-20H,5-14H2,1-4H3. The second kappa shape index (κ2) is 9.80. The predicted octanol–water partition coefficient (Wildman–Crippen LogP) is 1.77. The molecule has 6 unspecified atom stereocenters. The first-order valence-electron chi connectivity index (χ1n) is 10.4. The van der Waals surface area contributed by atoms with Gasteiger partial charge >= 0.3 is 0 Å². The second-order valence-corrected chi connectivity index (χ2v) is 8.39. The zero-order valence-electron chi connectivity index (χ0n) is 17.1. The first-order chi connectivity index (χ1) is 12.6. The molecule has 152 valence electrons. The first-order valence-corrected chi connectivity index (χ1v) is 10.4. The van der Waals surface area contributed by atoms with Crippen LogP contribution in [0.1, 0.15) is 39.5 Å². The van der Waals surface area contributed by atoms with Crippen LogP contribution in [0.2, 0.25) is 0 Å². The third-order valence-corrected chi connectivity index (χ3v) is 6.12. The van der Waals surface area contributed by atoms with Gasteiger partial charge in [0.1, 0.15) is 0 Å². The maximum atomic E-state index is 5.56. The van der Waals surface area contributed by atoms with E-state index in [0.717, 1.165) is 39.4 Å². The van der Waals surface area contributed by atoms with Crippen molar-refractivity contribution in [1.29, 1.82) is 0 Å². The molecule has 6 atom stereocenters. The number of methoxy groups -OCH3 is 2. The number of hydrogen-bond acceptors (Lipinski definition) is 6. The zero-order chi connectivity index (χ0) is 18.5. The van der Waals surface area contributed by atoms with Gasteiger partial charge in [-0.3, -0.25) is 9.80 Å². The molecule has 3 rings (SSSR count). The van der Waals surface area contributed by atoms with Crippen LogP contribution in [-0.2, 0) is 18.9 Å². The Hall–Kier alpha value is -0.240. The molecule has 6 heteroatoms. The van der Waals surface area contributed by atoms with Crippen LogP contribution in [0, 0.1) is 0 Å². The molecule has 26 heavy (non-hydrogen) atoms. The summed E-state index contributed by atoms with van der Waals surface area (Å²) >= 11 is 0. The Balaban J connectivity index is 1.60. The van der Waals surface area contributed by atoms with E-state index in [9.17, 15) is 0 Å². The lowest BCUT2D eigenvalue weighted by molar-refractivity contribution is 0.00144. The molecule has 3 fully saturated rings. The van der Waals surface area contributed by atoms with Gasteiger partial charge in [0.25, 0.3) is 0 Å². The fourth-order valence-corrected chi connectivity index (χ4v) is 4.23. The van der Waals surface area contributed by atoms with Crippen molar-refractivity contribution in [3.8, 4) is 0 Å². The summed E-state index contributed by atoms with van der Waals surface area (Å²) in [5.74, 6) is 0. The lowest BCUT2D eigenvalue weighted by atomic mass is 9.88. The molecule has 0 aromatic heterocycles. The number of hydrogen-bond donors (Lipinski definition) is 0. The molecular weight excluding hydrogens is 332 g/mol. The van der Waals surface area contributed by atoms with Crippen molar-refractivity contribution in [2.45, 2.75) is 76.0 Å². The largest absolute Gasteiger partial charge is 0.380 e. The molecule has 0 aromatic rings. The molecule has 1 aliphatic carbocycles. The van der Waals surface area contributed by atoms with Crippen molar-refractivity contribution in [1.82, 2.24) is 9.80 Å².